The van der Waals surface area contributed by atoms with Crippen LogP contribution in [-0.2, 0) is 16.0 Å². The molecule has 2 rings (SSSR count). The van der Waals surface area contributed by atoms with E-state index >= 15 is 0 Å². The first kappa shape index (κ1) is 16.1. The summed E-state index contributed by atoms with van der Waals surface area (Å²) in [7, 11) is 0. The van der Waals surface area contributed by atoms with E-state index in [-0.39, 0.29) is 17.4 Å². The van der Waals surface area contributed by atoms with Crippen molar-refractivity contribution in [3.05, 3.63) is 39.9 Å². The lowest BCUT2D eigenvalue weighted by Crippen LogP contribution is -2.25. The van der Waals surface area contributed by atoms with Crippen molar-refractivity contribution in [3.63, 3.8) is 0 Å². The van der Waals surface area contributed by atoms with Crippen LogP contribution >= 0.6 is 0 Å². The van der Waals surface area contributed by atoms with Gasteiger partial charge in [0.15, 0.2) is 0 Å². The number of carbonyl (C=O) groups is 2. The fourth-order valence-corrected chi connectivity index (χ4v) is 3.08. The molecule has 0 spiro atoms. The number of aryl methyl sites for hydroxylation is 1. The molecule has 0 saturated heterocycles. The molecule has 1 aliphatic carbocycles. The van der Waals surface area contributed by atoms with Crippen LogP contribution in [0, 0.1) is 22.0 Å². The molecule has 6 nitrogen and oxygen atoms in total. The molecule has 2 atom stereocenters. The van der Waals surface area contributed by atoms with E-state index in [1.165, 1.54) is 12.1 Å². The summed E-state index contributed by atoms with van der Waals surface area (Å²) in [5.41, 5.74) is 0.995. The average molecular weight is 305 g/mol. The summed E-state index contributed by atoms with van der Waals surface area (Å²) in [5, 5.41) is 19.7. The molecule has 1 fully saturated rings. The molecular weight excluding hydrogens is 286 g/mol. The predicted octanol–water partition coefficient (Wildman–Crippen LogP) is 2.99. The molecule has 22 heavy (non-hydrogen) atoms. The van der Waals surface area contributed by atoms with Crippen LogP contribution in [-0.4, -0.2) is 21.8 Å². The highest BCUT2D eigenvalue weighted by molar-refractivity contribution is 5.86. The summed E-state index contributed by atoms with van der Waals surface area (Å²) in [5.74, 6) is -1.70. The number of nitrogens with zero attached hydrogens (tertiary/aromatic N) is 1. The SMILES string of the molecule is O=C(O)[C@H]1CCC[C@@H]1C(=O)CCCc1ccc([N+](=O)[O-])cc1. The Kier molecular flexibility index (Phi) is 5.25. The molecule has 1 N–H and O–H groups in total. The van der Waals surface area contributed by atoms with Gasteiger partial charge in [-0.2, -0.15) is 0 Å². The number of benzene rings is 1. The molecule has 118 valence electrons. The largest absolute Gasteiger partial charge is 0.481 e. The van der Waals surface area contributed by atoms with Crippen molar-refractivity contribution in [1.82, 2.24) is 0 Å². The first-order valence-corrected chi connectivity index (χ1v) is 7.48. The maximum absolute atomic E-state index is 12.1. The number of carboxylic acids is 1. The fourth-order valence-electron chi connectivity index (χ4n) is 3.08. The minimum Gasteiger partial charge on any atom is -0.481 e. The number of non-ortho nitro benzene ring substituents is 1. The number of rotatable bonds is 7. The first-order valence-electron chi connectivity index (χ1n) is 7.48. The van der Waals surface area contributed by atoms with Crippen molar-refractivity contribution in [2.75, 3.05) is 0 Å². The molecule has 6 heteroatoms. The van der Waals surface area contributed by atoms with Crippen molar-refractivity contribution in [1.29, 1.82) is 0 Å². The number of hydrogen-bond acceptors (Lipinski definition) is 4. The molecule has 1 aliphatic rings. The lowest BCUT2D eigenvalue weighted by molar-refractivity contribution is -0.384. The second-order valence-corrected chi connectivity index (χ2v) is 5.73. The van der Waals surface area contributed by atoms with Crippen molar-refractivity contribution >= 4 is 17.4 Å². The van der Waals surface area contributed by atoms with Crippen molar-refractivity contribution in [2.45, 2.75) is 38.5 Å². The predicted molar refractivity (Wildman–Crippen MR) is 79.5 cm³/mol. The normalized spacial score (nSPS) is 20.7. The standard InChI is InChI=1S/C16H19NO5/c18-15(13-4-2-5-14(13)16(19)20)6-1-3-11-7-9-12(10-8-11)17(21)22/h7-10,13-14H,1-6H2,(H,19,20)/t13-,14-/m0/s1. The van der Waals surface area contributed by atoms with E-state index in [9.17, 15) is 19.7 Å². The van der Waals surface area contributed by atoms with E-state index in [0.29, 0.717) is 32.1 Å². The highest BCUT2D eigenvalue weighted by atomic mass is 16.6. The van der Waals surface area contributed by atoms with E-state index in [2.05, 4.69) is 0 Å². The number of nitro benzene ring substituents is 1. The number of ketones is 1. The molecule has 0 bridgehead atoms. The van der Waals surface area contributed by atoms with Crippen molar-refractivity contribution in [2.24, 2.45) is 11.8 Å². The van der Waals surface area contributed by atoms with E-state index in [1.807, 2.05) is 0 Å². The van der Waals surface area contributed by atoms with Gasteiger partial charge in [0.2, 0.25) is 0 Å². The van der Waals surface area contributed by atoms with Gasteiger partial charge >= 0.3 is 5.97 Å². The quantitative estimate of drug-likeness (QED) is 0.617. The van der Waals surface area contributed by atoms with Crippen LogP contribution in [0.2, 0.25) is 0 Å². The van der Waals surface area contributed by atoms with Gasteiger partial charge in [-0.15, -0.1) is 0 Å². The van der Waals surface area contributed by atoms with Gasteiger partial charge in [-0.1, -0.05) is 18.6 Å². The van der Waals surface area contributed by atoms with Gasteiger partial charge in [0.05, 0.1) is 10.8 Å². The molecule has 1 aromatic rings. The van der Waals surface area contributed by atoms with Gasteiger partial charge in [0.25, 0.3) is 5.69 Å². The number of aliphatic carboxylic acids is 1. The number of carbonyl (C=O) groups excluding carboxylic acids is 1. The van der Waals surface area contributed by atoms with E-state index in [0.717, 1.165) is 12.0 Å². The Labute approximate surface area is 128 Å². The van der Waals surface area contributed by atoms with Gasteiger partial charge in [-0.3, -0.25) is 19.7 Å². The molecule has 0 heterocycles. The Morgan fingerprint density at radius 2 is 1.82 bits per heavy atom. The molecule has 0 aromatic heterocycles. The Balaban J connectivity index is 1.81. The summed E-state index contributed by atoms with van der Waals surface area (Å²) in [6.07, 6.45) is 3.73. The third-order valence-corrected chi connectivity index (χ3v) is 4.28. The van der Waals surface area contributed by atoms with Crippen molar-refractivity contribution < 1.29 is 19.6 Å². The van der Waals surface area contributed by atoms with Crippen LogP contribution in [0.25, 0.3) is 0 Å². The summed E-state index contributed by atoms with van der Waals surface area (Å²) in [6, 6.07) is 6.29. The zero-order valence-electron chi connectivity index (χ0n) is 12.2. The second kappa shape index (κ2) is 7.15. The topological polar surface area (TPSA) is 97.5 Å². The van der Waals surface area contributed by atoms with Gasteiger partial charge in [-0.25, -0.2) is 0 Å². The van der Waals surface area contributed by atoms with Crippen molar-refractivity contribution in [3.8, 4) is 0 Å². The summed E-state index contributed by atoms with van der Waals surface area (Å²) < 4.78 is 0. The van der Waals surface area contributed by atoms with E-state index in [1.54, 1.807) is 12.1 Å². The van der Waals surface area contributed by atoms with Crippen LogP contribution in [0.15, 0.2) is 24.3 Å². The average Bonchev–Trinajstić information content (AvgIpc) is 2.97. The molecule has 0 radical (unpaired) electrons. The highest BCUT2D eigenvalue weighted by Crippen LogP contribution is 2.33. The minimum atomic E-state index is -0.869. The molecule has 0 unspecified atom stereocenters. The molecule has 1 saturated carbocycles. The summed E-state index contributed by atoms with van der Waals surface area (Å²) >= 11 is 0. The Morgan fingerprint density at radius 3 is 2.41 bits per heavy atom. The molecule has 1 aromatic carbocycles. The van der Waals surface area contributed by atoms with Crippen LogP contribution in [0.3, 0.4) is 0 Å². The maximum Gasteiger partial charge on any atom is 0.307 e. The third kappa shape index (κ3) is 3.90. The van der Waals surface area contributed by atoms with Crippen LogP contribution < -0.4 is 0 Å². The molecule has 0 amide bonds. The maximum atomic E-state index is 12.1. The number of Topliss-reactive ketones (excluding diaryl/α,β-unsaturated/α-hetero) is 1. The second-order valence-electron chi connectivity index (χ2n) is 5.73. The number of hydrogen-bond donors (Lipinski definition) is 1. The van der Waals surface area contributed by atoms with E-state index < -0.39 is 16.8 Å². The lowest BCUT2D eigenvalue weighted by atomic mass is 9.89. The van der Waals surface area contributed by atoms with Gasteiger partial charge in [0, 0.05) is 24.5 Å². The summed E-state index contributed by atoms with van der Waals surface area (Å²) in [4.78, 5) is 33.3. The molecule has 0 aliphatic heterocycles. The van der Waals surface area contributed by atoms with Gasteiger partial charge < -0.3 is 5.11 Å². The molecular formula is C16H19NO5. The zero-order chi connectivity index (χ0) is 16.1. The third-order valence-electron chi connectivity index (χ3n) is 4.28. The first-order chi connectivity index (χ1) is 10.5. The smallest absolute Gasteiger partial charge is 0.307 e. The fraction of sp³-hybridized carbons (Fsp3) is 0.500. The van der Waals surface area contributed by atoms with Crippen LogP contribution in [0.5, 0.6) is 0 Å². The van der Waals surface area contributed by atoms with E-state index in [4.69, 9.17) is 5.11 Å². The summed E-state index contributed by atoms with van der Waals surface area (Å²) in [6.45, 7) is 0. The Hall–Kier alpha value is -2.24. The Morgan fingerprint density at radius 1 is 1.18 bits per heavy atom. The number of carboxylic acid groups (broad SMARTS) is 1. The zero-order valence-corrected chi connectivity index (χ0v) is 12.2. The highest BCUT2D eigenvalue weighted by Gasteiger charge is 2.36. The number of nitro groups is 1. The monoisotopic (exact) mass is 305 g/mol. The van der Waals surface area contributed by atoms with Crippen LogP contribution in [0.1, 0.15) is 37.7 Å². The van der Waals surface area contributed by atoms with Gasteiger partial charge in [-0.05, 0) is 31.2 Å². The van der Waals surface area contributed by atoms with Crippen LogP contribution in [0.4, 0.5) is 5.69 Å². The van der Waals surface area contributed by atoms with Gasteiger partial charge in [0.1, 0.15) is 5.78 Å². The minimum absolute atomic E-state index is 0.0341. The Bertz CT molecular complexity index is 566. The lowest BCUT2D eigenvalue weighted by Gasteiger charge is -2.14.